The summed E-state index contributed by atoms with van der Waals surface area (Å²) in [6, 6.07) is 13.4. The molecule has 2 aromatic carbocycles. The molecule has 29 heavy (non-hydrogen) atoms. The Hall–Kier alpha value is -2.71. The highest BCUT2D eigenvalue weighted by Crippen LogP contribution is 2.32. The Balaban J connectivity index is 1.61. The summed E-state index contributed by atoms with van der Waals surface area (Å²) in [5.74, 6) is -0.876. The number of carbonyl (C=O) groups is 1. The third-order valence-electron chi connectivity index (χ3n) is 4.21. The van der Waals surface area contributed by atoms with Gasteiger partial charge < -0.3 is 4.42 Å². The van der Waals surface area contributed by atoms with E-state index in [4.69, 9.17) is 4.42 Å². The van der Waals surface area contributed by atoms with Crippen LogP contribution in [0.2, 0.25) is 0 Å². The Kier molecular flexibility index (Phi) is 5.64. The maximum atomic E-state index is 14.1. The van der Waals surface area contributed by atoms with Gasteiger partial charge in [0.15, 0.2) is 10.9 Å². The van der Waals surface area contributed by atoms with Crippen LogP contribution in [-0.2, 0) is 11.3 Å². The van der Waals surface area contributed by atoms with Gasteiger partial charge in [-0.3, -0.25) is 9.69 Å². The maximum Gasteiger partial charge on any atom is 0.239 e. The van der Waals surface area contributed by atoms with Crippen molar-refractivity contribution in [3.63, 3.8) is 0 Å². The van der Waals surface area contributed by atoms with Crippen LogP contribution in [0.15, 0.2) is 64.1 Å². The van der Waals surface area contributed by atoms with E-state index in [1.165, 1.54) is 29.0 Å². The van der Waals surface area contributed by atoms with Crippen LogP contribution < -0.4 is 4.90 Å². The summed E-state index contributed by atoms with van der Waals surface area (Å²) in [5.41, 5.74) is 1.19. The number of amides is 1. The van der Waals surface area contributed by atoms with Crippen LogP contribution in [0.25, 0.3) is 10.2 Å². The number of fused-ring (bicyclic) bond motifs is 1. The van der Waals surface area contributed by atoms with Gasteiger partial charge in [-0.2, -0.15) is 0 Å². The van der Waals surface area contributed by atoms with Crippen molar-refractivity contribution in [3.05, 3.63) is 77.8 Å². The first-order valence-electron chi connectivity index (χ1n) is 8.77. The van der Waals surface area contributed by atoms with Crippen LogP contribution in [0.5, 0.6) is 0 Å². The zero-order chi connectivity index (χ0) is 20.4. The van der Waals surface area contributed by atoms with E-state index >= 15 is 0 Å². The summed E-state index contributed by atoms with van der Waals surface area (Å²) >= 11 is 2.48. The smallest absolute Gasteiger partial charge is 0.239 e. The fourth-order valence-electron chi connectivity index (χ4n) is 2.74. The molecular weight excluding hydrogens is 414 g/mol. The zero-order valence-corrected chi connectivity index (χ0v) is 17.0. The lowest BCUT2D eigenvalue weighted by atomic mass is 10.2. The van der Waals surface area contributed by atoms with Crippen molar-refractivity contribution in [2.75, 3.05) is 10.7 Å². The highest BCUT2D eigenvalue weighted by atomic mass is 32.2. The molecule has 0 fully saturated rings. The topological polar surface area (TPSA) is 46.3 Å². The van der Waals surface area contributed by atoms with Crippen LogP contribution in [0, 0.1) is 18.6 Å². The largest absolute Gasteiger partial charge is 0.467 e. The van der Waals surface area contributed by atoms with Crippen molar-refractivity contribution in [1.82, 2.24) is 4.98 Å². The van der Waals surface area contributed by atoms with E-state index in [0.717, 1.165) is 27.9 Å². The SMILES string of the molecule is Cc1ccc(SCC(=O)N(Cc2ccco2)c2nc3c(F)cc(F)cc3s2)cc1. The van der Waals surface area contributed by atoms with E-state index in [0.29, 0.717) is 15.6 Å². The second-order valence-electron chi connectivity index (χ2n) is 6.39. The van der Waals surface area contributed by atoms with E-state index in [9.17, 15) is 13.6 Å². The second-order valence-corrected chi connectivity index (χ2v) is 8.45. The summed E-state index contributed by atoms with van der Waals surface area (Å²) in [7, 11) is 0. The molecule has 0 spiro atoms. The second kappa shape index (κ2) is 8.34. The first kappa shape index (κ1) is 19.6. The first-order chi connectivity index (χ1) is 14.0. The molecule has 0 atom stereocenters. The fourth-order valence-corrected chi connectivity index (χ4v) is 4.54. The molecule has 0 aliphatic carbocycles. The molecule has 0 bridgehead atoms. The Morgan fingerprint density at radius 3 is 2.72 bits per heavy atom. The minimum atomic E-state index is -0.748. The van der Waals surface area contributed by atoms with Crippen LogP contribution in [-0.4, -0.2) is 16.6 Å². The van der Waals surface area contributed by atoms with E-state index in [1.54, 1.807) is 12.1 Å². The van der Waals surface area contributed by atoms with Gasteiger partial charge in [0.05, 0.1) is 23.3 Å². The molecule has 4 nitrogen and oxygen atoms in total. The van der Waals surface area contributed by atoms with E-state index in [1.807, 2.05) is 31.2 Å². The standard InChI is InChI=1S/C21H16F2N2O2S2/c1-13-4-6-16(7-5-13)28-12-19(26)25(11-15-3-2-8-27-15)21-24-20-17(23)9-14(22)10-18(20)29-21/h2-10H,11-12H2,1H3. The Morgan fingerprint density at radius 2 is 2.00 bits per heavy atom. The average Bonchev–Trinajstić information content (AvgIpc) is 3.35. The molecule has 148 valence electrons. The monoisotopic (exact) mass is 430 g/mol. The predicted molar refractivity (Wildman–Crippen MR) is 111 cm³/mol. The number of aromatic nitrogens is 1. The zero-order valence-electron chi connectivity index (χ0n) is 15.4. The van der Waals surface area contributed by atoms with Crippen molar-refractivity contribution in [2.45, 2.75) is 18.4 Å². The van der Waals surface area contributed by atoms with Crippen molar-refractivity contribution in [3.8, 4) is 0 Å². The van der Waals surface area contributed by atoms with Crippen molar-refractivity contribution >= 4 is 44.4 Å². The molecule has 2 heterocycles. The summed E-state index contributed by atoms with van der Waals surface area (Å²) in [6.45, 7) is 2.16. The first-order valence-corrected chi connectivity index (χ1v) is 10.6. The number of benzene rings is 2. The molecule has 1 amide bonds. The molecular formula is C21H16F2N2O2S2. The average molecular weight is 431 g/mol. The quantitative estimate of drug-likeness (QED) is 0.363. The third kappa shape index (κ3) is 4.49. The highest BCUT2D eigenvalue weighted by Gasteiger charge is 2.22. The molecule has 0 aliphatic rings. The van der Waals surface area contributed by atoms with Crippen molar-refractivity contribution in [1.29, 1.82) is 0 Å². The molecule has 0 radical (unpaired) electrons. The normalized spacial score (nSPS) is 11.1. The number of halogens is 2. The Bertz CT molecular complexity index is 1140. The number of carbonyl (C=O) groups excluding carboxylic acids is 1. The molecule has 0 saturated carbocycles. The van der Waals surface area contributed by atoms with Gasteiger partial charge in [-0.25, -0.2) is 13.8 Å². The number of anilines is 1. The number of thiazole rings is 1. The summed E-state index contributed by atoms with van der Waals surface area (Å²) < 4.78 is 33.3. The lowest BCUT2D eigenvalue weighted by Crippen LogP contribution is -2.31. The molecule has 2 aromatic heterocycles. The number of hydrogen-bond donors (Lipinski definition) is 0. The van der Waals surface area contributed by atoms with Gasteiger partial charge in [-0.15, -0.1) is 11.8 Å². The molecule has 8 heteroatoms. The number of nitrogens with zero attached hydrogens (tertiary/aromatic N) is 2. The molecule has 0 unspecified atom stereocenters. The van der Waals surface area contributed by atoms with E-state index in [2.05, 4.69) is 4.98 Å². The lowest BCUT2D eigenvalue weighted by Gasteiger charge is -2.18. The van der Waals surface area contributed by atoms with Gasteiger partial charge in [-0.1, -0.05) is 29.0 Å². The minimum absolute atomic E-state index is 0.0508. The van der Waals surface area contributed by atoms with Crippen LogP contribution in [0.4, 0.5) is 13.9 Å². The van der Waals surface area contributed by atoms with Crippen LogP contribution in [0.1, 0.15) is 11.3 Å². The van der Waals surface area contributed by atoms with Crippen molar-refractivity contribution < 1.29 is 18.0 Å². The maximum absolute atomic E-state index is 14.1. The minimum Gasteiger partial charge on any atom is -0.467 e. The summed E-state index contributed by atoms with van der Waals surface area (Å²) in [6.07, 6.45) is 1.52. The summed E-state index contributed by atoms with van der Waals surface area (Å²) in [5, 5.41) is 0.301. The van der Waals surface area contributed by atoms with Gasteiger partial charge in [0.2, 0.25) is 5.91 Å². The number of aryl methyl sites for hydroxylation is 1. The number of thioether (sulfide) groups is 1. The Morgan fingerprint density at radius 1 is 1.21 bits per heavy atom. The third-order valence-corrected chi connectivity index (χ3v) is 6.23. The number of rotatable bonds is 6. The molecule has 0 saturated heterocycles. The highest BCUT2D eigenvalue weighted by molar-refractivity contribution is 8.00. The predicted octanol–water partition coefficient (Wildman–Crippen LogP) is 5.80. The van der Waals surface area contributed by atoms with Crippen LogP contribution in [0.3, 0.4) is 0 Å². The number of furan rings is 1. The van der Waals surface area contributed by atoms with Gasteiger partial charge >= 0.3 is 0 Å². The van der Waals surface area contributed by atoms with E-state index in [-0.39, 0.29) is 23.7 Å². The summed E-state index contributed by atoms with van der Waals surface area (Å²) in [4.78, 5) is 19.7. The molecule has 0 aliphatic heterocycles. The van der Waals surface area contributed by atoms with E-state index < -0.39 is 11.6 Å². The number of hydrogen-bond acceptors (Lipinski definition) is 5. The van der Waals surface area contributed by atoms with Gasteiger partial charge in [0.1, 0.15) is 17.1 Å². The van der Waals surface area contributed by atoms with Gasteiger partial charge in [0, 0.05) is 11.0 Å². The van der Waals surface area contributed by atoms with Gasteiger partial charge in [-0.05, 0) is 37.3 Å². The van der Waals surface area contributed by atoms with Gasteiger partial charge in [0.25, 0.3) is 0 Å². The molecule has 0 N–H and O–H groups in total. The lowest BCUT2D eigenvalue weighted by molar-refractivity contribution is -0.116. The Labute approximate surface area is 174 Å². The van der Waals surface area contributed by atoms with Crippen molar-refractivity contribution in [2.24, 2.45) is 0 Å². The fraction of sp³-hybridized carbons (Fsp3) is 0.143. The molecule has 4 aromatic rings. The van der Waals surface area contributed by atoms with Crippen LogP contribution >= 0.6 is 23.1 Å². The molecule has 4 rings (SSSR count).